The van der Waals surface area contributed by atoms with Crippen molar-refractivity contribution >= 4 is 12.0 Å². The van der Waals surface area contributed by atoms with Gasteiger partial charge in [-0.05, 0) is 80.3 Å². The summed E-state index contributed by atoms with van der Waals surface area (Å²) in [5.41, 5.74) is 5.38. The van der Waals surface area contributed by atoms with Gasteiger partial charge in [0.05, 0.1) is 0 Å². The number of carbonyl (C=O) groups excluding carboxylic acids is 2. The van der Waals surface area contributed by atoms with E-state index in [1.54, 1.807) is 11.9 Å². The van der Waals surface area contributed by atoms with E-state index in [0.717, 1.165) is 37.9 Å². The maximum atomic E-state index is 13.1. The average Bonchev–Trinajstić information content (AvgIpc) is 3.10. The normalized spacial score (nSPS) is 15.9. The average molecular weight is 421 g/mol. The molecule has 5 heteroatoms. The van der Waals surface area contributed by atoms with Crippen LogP contribution in [-0.2, 0) is 11.2 Å². The lowest BCUT2D eigenvalue weighted by molar-refractivity contribution is 0.0246. The molecule has 1 fully saturated rings. The van der Waals surface area contributed by atoms with Gasteiger partial charge in [0.25, 0.3) is 5.91 Å². The van der Waals surface area contributed by atoms with Crippen molar-refractivity contribution in [3.05, 3.63) is 59.2 Å². The second-order valence-corrected chi connectivity index (χ2v) is 9.80. The van der Waals surface area contributed by atoms with E-state index in [0.29, 0.717) is 12.5 Å². The number of hydrogen-bond acceptors (Lipinski definition) is 3. The third kappa shape index (κ3) is 4.76. The number of carbonyl (C=O) groups is 2. The zero-order chi connectivity index (χ0) is 22.2. The Labute approximate surface area is 185 Å². The Morgan fingerprint density at radius 3 is 2.42 bits per heavy atom. The van der Waals surface area contributed by atoms with E-state index in [9.17, 15) is 9.59 Å². The van der Waals surface area contributed by atoms with Gasteiger partial charge >= 0.3 is 6.09 Å². The molecule has 1 aliphatic carbocycles. The van der Waals surface area contributed by atoms with Gasteiger partial charge in [-0.15, -0.1) is 0 Å². The number of piperidine rings is 1. The van der Waals surface area contributed by atoms with Gasteiger partial charge in [-0.1, -0.05) is 30.3 Å². The highest BCUT2D eigenvalue weighted by Gasteiger charge is 2.28. The molecule has 2 aliphatic rings. The molecule has 1 aliphatic heterocycles. The fourth-order valence-electron chi connectivity index (χ4n) is 4.58. The standard InChI is InChI=1S/C26H32N2O3/c1-26(2,3)31-25(30)27(4)17-18-11-13-28(14-12-18)24(29)20-9-10-23-21(16-20)15-19-7-5-6-8-22(19)23/h5-10,16,18H,11-15,17H2,1-4H3. The summed E-state index contributed by atoms with van der Waals surface area (Å²) in [4.78, 5) is 28.9. The van der Waals surface area contributed by atoms with Crippen LogP contribution in [0.1, 0.15) is 55.1 Å². The van der Waals surface area contributed by atoms with Gasteiger partial charge in [0.15, 0.2) is 0 Å². The second kappa shape index (κ2) is 8.37. The lowest BCUT2D eigenvalue weighted by atomic mass is 9.95. The zero-order valence-corrected chi connectivity index (χ0v) is 19.0. The number of likely N-dealkylation sites (tertiary alicyclic amines) is 1. The molecule has 164 valence electrons. The first-order valence-electron chi connectivity index (χ1n) is 11.2. The van der Waals surface area contributed by atoms with E-state index in [-0.39, 0.29) is 12.0 Å². The number of rotatable bonds is 3. The van der Waals surface area contributed by atoms with E-state index < -0.39 is 5.60 Å². The molecule has 0 atom stereocenters. The first-order valence-corrected chi connectivity index (χ1v) is 11.2. The van der Waals surface area contributed by atoms with Crippen LogP contribution in [0.4, 0.5) is 4.79 Å². The molecule has 31 heavy (non-hydrogen) atoms. The minimum absolute atomic E-state index is 0.109. The lowest BCUT2D eigenvalue weighted by Crippen LogP contribution is -2.43. The van der Waals surface area contributed by atoms with Crippen molar-refractivity contribution in [3.63, 3.8) is 0 Å². The number of ether oxygens (including phenoxy) is 1. The Kier molecular flexibility index (Phi) is 5.78. The van der Waals surface area contributed by atoms with Gasteiger partial charge < -0.3 is 14.5 Å². The molecule has 0 N–H and O–H groups in total. The van der Waals surface area contributed by atoms with Crippen molar-refractivity contribution in [2.45, 2.75) is 45.6 Å². The number of amides is 2. The maximum Gasteiger partial charge on any atom is 0.410 e. The van der Waals surface area contributed by atoms with Crippen LogP contribution >= 0.6 is 0 Å². The van der Waals surface area contributed by atoms with E-state index in [4.69, 9.17) is 4.74 Å². The lowest BCUT2D eigenvalue weighted by Gasteiger charge is -2.34. The predicted molar refractivity (Wildman–Crippen MR) is 122 cm³/mol. The first kappa shape index (κ1) is 21.4. The number of hydrogen-bond donors (Lipinski definition) is 0. The van der Waals surface area contributed by atoms with Crippen LogP contribution < -0.4 is 0 Å². The fraction of sp³-hybridized carbons (Fsp3) is 0.462. The summed E-state index contributed by atoms with van der Waals surface area (Å²) < 4.78 is 5.44. The molecule has 0 radical (unpaired) electrons. The van der Waals surface area contributed by atoms with Crippen molar-refractivity contribution in [2.75, 3.05) is 26.7 Å². The van der Waals surface area contributed by atoms with Crippen molar-refractivity contribution in [3.8, 4) is 11.1 Å². The summed E-state index contributed by atoms with van der Waals surface area (Å²) in [5.74, 6) is 0.494. The summed E-state index contributed by atoms with van der Waals surface area (Å²) in [7, 11) is 1.79. The Morgan fingerprint density at radius 1 is 1.03 bits per heavy atom. The Balaban J connectivity index is 1.33. The van der Waals surface area contributed by atoms with Crippen LogP contribution in [0.15, 0.2) is 42.5 Å². The van der Waals surface area contributed by atoms with Crippen LogP contribution in [-0.4, -0.2) is 54.1 Å². The Morgan fingerprint density at radius 2 is 1.71 bits per heavy atom. The molecule has 2 aromatic carbocycles. The van der Waals surface area contributed by atoms with E-state index in [2.05, 4.69) is 36.4 Å². The molecule has 4 rings (SSSR count). The number of fused-ring (bicyclic) bond motifs is 3. The van der Waals surface area contributed by atoms with Crippen LogP contribution in [0.25, 0.3) is 11.1 Å². The van der Waals surface area contributed by atoms with E-state index in [1.807, 2.05) is 31.7 Å². The minimum Gasteiger partial charge on any atom is -0.444 e. The highest BCUT2D eigenvalue weighted by Crippen LogP contribution is 2.37. The zero-order valence-electron chi connectivity index (χ0n) is 19.0. The van der Waals surface area contributed by atoms with Crippen LogP contribution in [0, 0.1) is 5.92 Å². The topological polar surface area (TPSA) is 49.9 Å². The van der Waals surface area contributed by atoms with Crippen molar-refractivity contribution < 1.29 is 14.3 Å². The summed E-state index contributed by atoms with van der Waals surface area (Å²) in [6.07, 6.45) is 2.40. The molecular weight excluding hydrogens is 388 g/mol. The molecule has 2 aromatic rings. The molecule has 5 nitrogen and oxygen atoms in total. The minimum atomic E-state index is -0.488. The van der Waals surface area contributed by atoms with Gasteiger partial charge in [0, 0.05) is 32.2 Å². The van der Waals surface area contributed by atoms with Crippen LogP contribution in [0.3, 0.4) is 0 Å². The molecule has 0 bridgehead atoms. The smallest absolute Gasteiger partial charge is 0.410 e. The largest absolute Gasteiger partial charge is 0.444 e. The van der Waals surface area contributed by atoms with Gasteiger partial charge in [-0.25, -0.2) is 4.79 Å². The van der Waals surface area contributed by atoms with Crippen molar-refractivity contribution in [2.24, 2.45) is 5.92 Å². The third-order valence-electron chi connectivity index (χ3n) is 6.18. The third-order valence-corrected chi connectivity index (χ3v) is 6.18. The highest BCUT2D eigenvalue weighted by atomic mass is 16.6. The van der Waals surface area contributed by atoms with Gasteiger partial charge in [0.2, 0.25) is 0 Å². The van der Waals surface area contributed by atoms with Crippen LogP contribution in [0.2, 0.25) is 0 Å². The SMILES string of the molecule is CN(CC1CCN(C(=O)c2ccc3c(c2)Cc2ccccc2-3)CC1)C(=O)OC(C)(C)C. The van der Waals surface area contributed by atoms with E-state index >= 15 is 0 Å². The summed E-state index contributed by atoms with van der Waals surface area (Å²) in [6, 6.07) is 14.6. The van der Waals surface area contributed by atoms with Gasteiger partial charge in [0.1, 0.15) is 5.60 Å². The summed E-state index contributed by atoms with van der Waals surface area (Å²) >= 11 is 0. The molecule has 1 saturated heterocycles. The van der Waals surface area contributed by atoms with Crippen molar-refractivity contribution in [1.82, 2.24) is 9.80 Å². The second-order valence-electron chi connectivity index (χ2n) is 9.80. The molecule has 0 spiro atoms. The molecule has 1 heterocycles. The summed E-state index contributed by atoms with van der Waals surface area (Å²) in [6.45, 7) is 7.74. The number of nitrogens with zero attached hydrogens (tertiary/aromatic N) is 2. The molecule has 2 amide bonds. The predicted octanol–water partition coefficient (Wildman–Crippen LogP) is 4.98. The number of benzene rings is 2. The molecule has 0 unspecified atom stereocenters. The Hall–Kier alpha value is -2.82. The van der Waals surface area contributed by atoms with Gasteiger partial charge in [-0.3, -0.25) is 4.79 Å². The van der Waals surface area contributed by atoms with Gasteiger partial charge in [-0.2, -0.15) is 0 Å². The van der Waals surface area contributed by atoms with E-state index in [1.165, 1.54) is 22.3 Å². The quantitative estimate of drug-likeness (QED) is 0.601. The highest BCUT2D eigenvalue weighted by molar-refractivity contribution is 5.95. The molecule has 0 saturated carbocycles. The Bertz CT molecular complexity index is 984. The maximum absolute atomic E-state index is 13.1. The first-order chi connectivity index (χ1) is 14.7. The molecular formula is C26H32N2O3. The fourth-order valence-corrected chi connectivity index (χ4v) is 4.58. The summed E-state index contributed by atoms with van der Waals surface area (Å²) in [5, 5.41) is 0. The monoisotopic (exact) mass is 420 g/mol. The van der Waals surface area contributed by atoms with Crippen molar-refractivity contribution in [1.29, 1.82) is 0 Å². The van der Waals surface area contributed by atoms with Crippen LogP contribution in [0.5, 0.6) is 0 Å². The molecule has 0 aromatic heterocycles.